The van der Waals surface area contributed by atoms with Gasteiger partial charge in [0.1, 0.15) is 11.6 Å². The molecule has 0 aliphatic carbocycles. The number of benzene rings is 2. The van der Waals surface area contributed by atoms with E-state index in [0.717, 1.165) is 10.0 Å². The molecule has 1 amide bonds. The summed E-state index contributed by atoms with van der Waals surface area (Å²) in [4.78, 5) is 12.6. The maximum absolute atomic E-state index is 13.4. The lowest BCUT2D eigenvalue weighted by Gasteiger charge is -2.08. The van der Waals surface area contributed by atoms with Crippen LogP contribution in [0.15, 0.2) is 77.5 Å². The van der Waals surface area contributed by atoms with Gasteiger partial charge in [0.2, 0.25) is 0 Å². The van der Waals surface area contributed by atoms with Crippen molar-refractivity contribution in [3.8, 4) is 5.69 Å². The lowest BCUT2D eigenvalue weighted by Crippen LogP contribution is -2.17. The molecule has 6 nitrogen and oxygen atoms in total. The minimum absolute atomic E-state index is 0.223. The molecule has 0 aliphatic heterocycles. The fraction of sp³-hybridized carbons (Fsp3) is 0.0500. The normalized spacial score (nSPS) is 10.8. The molecule has 140 valence electrons. The van der Waals surface area contributed by atoms with Crippen molar-refractivity contribution in [2.75, 3.05) is 5.32 Å². The maximum atomic E-state index is 13.4. The van der Waals surface area contributed by atoms with Crippen molar-refractivity contribution in [1.82, 2.24) is 19.6 Å². The Bertz CT molecular complexity index is 1120. The van der Waals surface area contributed by atoms with Crippen LogP contribution < -0.4 is 5.32 Å². The van der Waals surface area contributed by atoms with Gasteiger partial charge >= 0.3 is 0 Å². The molecule has 2 aromatic carbocycles. The zero-order valence-corrected chi connectivity index (χ0v) is 16.2. The van der Waals surface area contributed by atoms with Crippen molar-refractivity contribution in [2.45, 2.75) is 6.54 Å². The van der Waals surface area contributed by atoms with Crippen LogP contribution in [0.3, 0.4) is 0 Å². The van der Waals surface area contributed by atoms with E-state index in [1.165, 1.54) is 16.8 Å². The van der Waals surface area contributed by atoms with Gasteiger partial charge in [-0.1, -0.05) is 34.1 Å². The molecule has 2 heterocycles. The first-order valence-corrected chi connectivity index (χ1v) is 9.27. The summed E-state index contributed by atoms with van der Waals surface area (Å²) >= 11 is 3.41. The Morgan fingerprint density at radius 1 is 1.11 bits per heavy atom. The highest BCUT2D eigenvalue weighted by Gasteiger charge is 2.13. The van der Waals surface area contributed by atoms with Crippen LogP contribution in [-0.4, -0.2) is 25.5 Å². The van der Waals surface area contributed by atoms with Gasteiger partial charge in [0.25, 0.3) is 5.91 Å². The Labute approximate surface area is 168 Å². The number of hydrogen-bond acceptors (Lipinski definition) is 3. The molecular formula is C20H15BrFN5O. The summed E-state index contributed by atoms with van der Waals surface area (Å²) in [7, 11) is 0. The van der Waals surface area contributed by atoms with Crippen LogP contribution in [0.5, 0.6) is 0 Å². The Kier molecular flexibility index (Phi) is 5.03. The molecule has 0 saturated carbocycles. The number of carbonyl (C=O) groups is 1. The maximum Gasteiger partial charge on any atom is 0.277 e. The molecular weight excluding hydrogens is 425 g/mol. The van der Waals surface area contributed by atoms with Crippen molar-refractivity contribution in [3.05, 3.63) is 94.6 Å². The largest absolute Gasteiger partial charge is 0.305 e. The number of aromatic nitrogens is 4. The Hall–Kier alpha value is -3.26. The Morgan fingerprint density at radius 2 is 1.93 bits per heavy atom. The third-order valence-electron chi connectivity index (χ3n) is 4.10. The third-order valence-corrected chi connectivity index (χ3v) is 4.63. The van der Waals surface area contributed by atoms with Crippen LogP contribution in [0.2, 0.25) is 0 Å². The highest BCUT2D eigenvalue weighted by atomic mass is 79.9. The fourth-order valence-electron chi connectivity index (χ4n) is 2.72. The Morgan fingerprint density at radius 3 is 2.71 bits per heavy atom. The summed E-state index contributed by atoms with van der Waals surface area (Å²) in [6.45, 7) is 0.521. The molecule has 0 bridgehead atoms. The van der Waals surface area contributed by atoms with Crippen LogP contribution in [0.1, 0.15) is 16.1 Å². The van der Waals surface area contributed by atoms with Gasteiger partial charge in [-0.05, 0) is 42.0 Å². The fourth-order valence-corrected chi connectivity index (χ4v) is 2.98. The molecule has 0 saturated heterocycles. The molecule has 1 N–H and O–H groups in total. The predicted octanol–water partition coefficient (Wildman–Crippen LogP) is 4.27. The summed E-state index contributed by atoms with van der Waals surface area (Å²) in [5.74, 6) is -0.170. The topological polar surface area (TPSA) is 64.7 Å². The van der Waals surface area contributed by atoms with Crippen molar-refractivity contribution in [1.29, 1.82) is 0 Å². The number of nitrogens with one attached hydrogen (secondary N) is 1. The van der Waals surface area contributed by atoms with Crippen LogP contribution >= 0.6 is 15.9 Å². The summed E-state index contributed by atoms with van der Waals surface area (Å²) < 4.78 is 17.5. The number of nitrogens with zero attached hydrogens (tertiary/aromatic N) is 4. The van der Waals surface area contributed by atoms with Gasteiger partial charge in [-0.2, -0.15) is 10.2 Å². The smallest absolute Gasteiger partial charge is 0.277 e. The number of amides is 1. The number of hydrogen-bond donors (Lipinski definition) is 1. The van der Waals surface area contributed by atoms with E-state index < -0.39 is 0 Å². The van der Waals surface area contributed by atoms with Crippen molar-refractivity contribution in [3.63, 3.8) is 0 Å². The summed E-state index contributed by atoms with van der Waals surface area (Å²) in [5.41, 5.74) is 1.82. The number of rotatable bonds is 5. The second kappa shape index (κ2) is 7.77. The van der Waals surface area contributed by atoms with Gasteiger partial charge < -0.3 is 5.32 Å². The predicted molar refractivity (Wildman–Crippen MR) is 107 cm³/mol. The van der Waals surface area contributed by atoms with E-state index in [-0.39, 0.29) is 17.4 Å². The lowest BCUT2D eigenvalue weighted by atomic mass is 10.2. The van der Waals surface area contributed by atoms with E-state index in [9.17, 15) is 9.18 Å². The monoisotopic (exact) mass is 439 g/mol. The van der Waals surface area contributed by atoms with E-state index in [0.29, 0.717) is 18.1 Å². The van der Waals surface area contributed by atoms with Crippen LogP contribution in [0.25, 0.3) is 5.69 Å². The van der Waals surface area contributed by atoms with Gasteiger partial charge in [0.05, 0.1) is 18.4 Å². The van der Waals surface area contributed by atoms with Crippen LogP contribution in [0, 0.1) is 5.82 Å². The average Bonchev–Trinajstić information content (AvgIpc) is 3.34. The van der Waals surface area contributed by atoms with E-state index in [4.69, 9.17) is 0 Å². The first kappa shape index (κ1) is 18.1. The van der Waals surface area contributed by atoms with Crippen molar-refractivity contribution < 1.29 is 9.18 Å². The molecule has 0 spiro atoms. The summed E-state index contributed by atoms with van der Waals surface area (Å²) in [6, 6.07) is 17.2. The number of halogens is 2. The highest BCUT2D eigenvalue weighted by molar-refractivity contribution is 9.10. The van der Waals surface area contributed by atoms with E-state index in [1.54, 1.807) is 41.3 Å². The van der Waals surface area contributed by atoms with Gasteiger partial charge in [-0.15, -0.1) is 0 Å². The second-order valence-electron chi connectivity index (χ2n) is 6.08. The molecule has 0 unspecified atom stereocenters. The molecule has 0 atom stereocenters. The first-order valence-electron chi connectivity index (χ1n) is 8.48. The minimum atomic E-state index is -0.368. The van der Waals surface area contributed by atoms with Gasteiger partial charge in [0.15, 0.2) is 5.69 Å². The molecule has 4 aromatic rings. The molecule has 0 fully saturated rings. The Balaban J connectivity index is 1.49. The van der Waals surface area contributed by atoms with Crippen LogP contribution in [-0.2, 0) is 6.54 Å². The first-order chi connectivity index (χ1) is 13.6. The number of anilines is 1. The molecule has 8 heteroatoms. The SMILES string of the molecule is O=C(Nc1ccnn1Cc1ccc(Br)cc1)c1ccn(-c2cccc(F)c2)n1. The molecule has 2 aromatic heterocycles. The highest BCUT2D eigenvalue weighted by Crippen LogP contribution is 2.15. The third kappa shape index (κ3) is 4.01. The van der Waals surface area contributed by atoms with Crippen LogP contribution in [0.4, 0.5) is 10.2 Å². The molecule has 28 heavy (non-hydrogen) atoms. The average molecular weight is 440 g/mol. The zero-order valence-electron chi connectivity index (χ0n) is 14.6. The van der Waals surface area contributed by atoms with Gasteiger partial charge in [0, 0.05) is 16.7 Å². The van der Waals surface area contributed by atoms with E-state index >= 15 is 0 Å². The minimum Gasteiger partial charge on any atom is -0.305 e. The van der Waals surface area contributed by atoms with Gasteiger partial charge in [-0.3, -0.25) is 4.79 Å². The summed E-state index contributed by atoms with van der Waals surface area (Å²) in [6.07, 6.45) is 3.24. The molecule has 0 radical (unpaired) electrons. The van der Waals surface area contributed by atoms with Crippen molar-refractivity contribution in [2.24, 2.45) is 0 Å². The molecule has 0 aliphatic rings. The van der Waals surface area contributed by atoms with E-state index in [2.05, 4.69) is 31.4 Å². The second-order valence-corrected chi connectivity index (χ2v) is 7.00. The van der Waals surface area contributed by atoms with Crippen molar-refractivity contribution >= 4 is 27.7 Å². The van der Waals surface area contributed by atoms with Gasteiger partial charge in [-0.25, -0.2) is 13.8 Å². The number of carbonyl (C=O) groups excluding carboxylic acids is 1. The molecule has 4 rings (SSSR count). The summed E-state index contributed by atoms with van der Waals surface area (Å²) in [5, 5.41) is 11.3. The standard InChI is InChI=1S/C20H15BrFN5O/c21-15-6-4-14(5-7-15)13-27-19(8-10-23-27)24-20(28)18-9-11-26(25-18)17-3-1-2-16(22)12-17/h1-12H,13H2,(H,24,28). The quantitative estimate of drug-likeness (QED) is 0.504. The van der Waals surface area contributed by atoms with E-state index in [1.807, 2.05) is 24.3 Å². The lowest BCUT2D eigenvalue weighted by molar-refractivity contribution is 0.102. The zero-order chi connectivity index (χ0) is 19.5.